The van der Waals surface area contributed by atoms with Crippen molar-refractivity contribution in [1.82, 2.24) is 0 Å². The molecule has 120 valence electrons. The fourth-order valence-electron chi connectivity index (χ4n) is 2.61. The van der Waals surface area contributed by atoms with Crippen molar-refractivity contribution in [2.45, 2.75) is 6.42 Å². The first-order valence-corrected chi connectivity index (χ1v) is 7.86. The predicted octanol–water partition coefficient (Wildman–Crippen LogP) is 4.59. The predicted molar refractivity (Wildman–Crippen MR) is 98.4 cm³/mol. The standard InChI is InChI=1S/C21H19NO2/c1-2-14-24-19-12-10-18(11-13-19)22-21(23)15-17-8-5-7-16-6-3-4-9-20(16)17/h2-13H,1,14-15H2,(H,22,23). The minimum atomic E-state index is -0.0360. The Hall–Kier alpha value is -3.07. The first-order chi connectivity index (χ1) is 11.8. The number of hydrogen-bond acceptors (Lipinski definition) is 2. The summed E-state index contributed by atoms with van der Waals surface area (Å²) in [5, 5.41) is 5.18. The van der Waals surface area contributed by atoms with Gasteiger partial charge >= 0.3 is 0 Å². The van der Waals surface area contributed by atoms with Gasteiger partial charge in [-0.05, 0) is 40.6 Å². The van der Waals surface area contributed by atoms with Crippen molar-refractivity contribution in [3.63, 3.8) is 0 Å². The molecule has 3 heteroatoms. The number of fused-ring (bicyclic) bond motifs is 1. The maximum absolute atomic E-state index is 12.3. The monoisotopic (exact) mass is 317 g/mol. The average molecular weight is 317 g/mol. The zero-order valence-corrected chi connectivity index (χ0v) is 13.4. The Morgan fingerprint density at radius 3 is 2.54 bits per heavy atom. The fraction of sp³-hybridized carbons (Fsp3) is 0.0952. The molecule has 0 saturated carbocycles. The van der Waals surface area contributed by atoms with E-state index in [2.05, 4.69) is 24.0 Å². The highest BCUT2D eigenvalue weighted by atomic mass is 16.5. The molecule has 3 rings (SSSR count). The molecule has 0 saturated heterocycles. The molecule has 0 aromatic heterocycles. The van der Waals surface area contributed by atoms with Crippen LogP contribution >= 0.6 is 0 Å². The van der Waals surface area contributed by atoms with Crippen molar-refractivity contribution in [1.29, 1.82) is 0 Å². The molecule has 0 bridgehead atoms. The second-order valence-electron chi connectivity index (χ2n) is 5.49. The molecule has 0 aliphatic carbocycles. The molecule has 0 spiro atoms. The second-order valence-corrected chi connectivity index (χ2v) is 5.49. The molecule has 1 amide bonds. The molecule has 0 aliphatic rings. The van der Waals surface area contributed by atoms with Gasteiger partial charge < -0.3 is 10.1 Å². The van der Waals surface area contributed by atoms with Gasteiger partial charge in [-0.1, -0.05) is 55.1 Å². The van der Waals surface area contributed by atoms with Crippen LogP contribution < -0.4 is 10.1 Å². The van der Waals surface area contributed by atoms with E-state index in [0.29, 0.717) is 13.0 Å². The number of ether oxygens (including phenoxy) is 1. The zero-order valence-electron chi connectivity index (χ0n) is 13.4. The Kier molecular flexibility index (Phi) is 4.92. The van der Waals surface area contributed by atoms with Crippen molar-refractivity contribution in [3.8, 4) is 5.75 Å². The molecule has 0 atom stereocenters. The third-order valence-electron chi connectivity index (χ3n) is 3.74. The van der Waals surface area contributed by atoms with E-state index in [1.54, 1.807) is 6.08 Å². The van der Waals surface area contributed by atoms with Crippen LogP contribution in [0.2, 0.25) is 0 Å². The van der Waals surface area contributed by atoms with Gasteiger partial charge in [0, 0.05) is 5.69 Å². The first-order valence-electron chi connectivity index (χ1n) is 7.86. The molecule has 3 nitrogen and oxygen atoms in total. The van der Waals surface area contributed by atoms with Crippen LogP contribution in [-0.2, 0) is 11.2 Å². The summed E-state index contributed by atoms with van der Waals surface area (Å²) in [5.41, 5.74) is 1.78. The molecule has 0 radical (unpaired) electrons. The summed E-state index contributed by atoms with van der Waals surface area (Å²) < 4.78 is 5.43. The van der Waals surface area contributed by atoms with E-state index in [4.69, 9.17) is 4.74 Å². The van der Waals surface area contributed by atoms with Gasteiger partial charge in [-0.2, -0.15) is 0 Å². The Balaban J connectivity index is 1.67. The normalized spacial score (nSPS) is 10.3. The first kappa shape index (κ1) is 15.8. The van der Waals surface area contributed by atoms with Crippen molar-refractivity contribution >= 4 is 22.4 Å². The zero-order chi connectivity index (χ0) is 16.8. The summed E-state index contributed by atoms with van der Waals surface area (Å²) in [5.74, 6) is 0.716. The smallest absolute Gasteiger partial charge is 0.228 e. The van der Waals surface area contributed by atoms with Crippen molar-refractivity contribution in [2.24, 2.45) is 0 Å². The number of rotatable bonds is 6. The van der Waals surface area contributed by atoms with Gasteiger partial charge in [0.2, 0.25) is 5.91 Å². The lowest BCUT2D eigenvalue weighted by Crippen LogP contribution is -2.14. The molecule has 0 unspecified atom stereocenters. The van der Waals surface area contributed by atoms with Gasteiger partial charge in [0.25, 0.3) is 0 Å². The lowest BCUT2D eigenvalue weighted by molar-refractivity contribution is -0.115. The van der Waals surface area contributed by atoms with Crippen molar-refractivity contribution in [3.05, 3.63) is 84.9 Å². The summed E-state index contributed by atoms with van der Waals surface area (Å²) in [6.45, 7) is 4.08. The van der Waals surface area contributed by atoms with Crippen LogP contribution in [0.3, 0.4) is 0 Å². The number of carbonyl (C=O) groups excluding carboxylic acids is 1. The Labute approximate surface area is 141 Å². The van der Waals surface area contributed by atoms with Crippen LogP contribution in [0.4, 0.5) is 5.69 Å². The number of carbonyl (C=O) groups is 1. The molecule has 0 heterocycles. The summed E-state index contributed by atoms with van der Waals surface area (Å²) in [4.78, 5) is 12.3. The van der Waals surface area contributed by atoms with E-state index < -0.39 is 0 Å². The van der Waals surface area contributed by atoms with E-state index in [1.165, 1.54) is 0 Å². The largest absolute Gasteiger partial charge is 0.490 e. The molecular formula is C21H19NO2. The number of hydrogen-bond donors (Lipinski definition) is 1. The highest BCUT2D eigenvalue weighted by Gasteiger charge is 2.07. The lowest BCUT2D eigenvalue weighted by atomic mass is 10.0. The summed E-state index contributed by atoms with van der Waals surface area (Å²) in [6, 6.07) is 21.5. The van der Waals surface area contributed by atoms with E-state index >= 15 is 0 Å². The number of nitrogens with one attached hydrogen (secondary N) is 1. The summed E-state index contributed by atoms with van der Waals surface area (Å²) in [6.07, 6.45) is 2.04. The minimum Gasteiger partial charge on any atom is -0.490 e. The van der Waals surface area contributed by atoms with Crippen molar-refractivity contribution < 1.29 is 9.53 Å². The average Bonchev–Trinajstić information content (AvgIpc) is 2.61. The number of benzene rings is 3. The summed E-state index contributed by atoms with van der Waals surface area (Å²) >= 11 is 0. The third-order valence-corrected chi connectivity index (χ3v) is 3.74. The Morgan fingerprint density at radius 2 is 1.75 bits per heavy atom. The van der Waals surface area contributed by atoms with E-state index in [9.17, 15) is 4.79 Å². The maximum atomic E-state index is 12.3. The van der Waals surface area contributed by atoms with Crippen LogP contribution in [0.25, 0.3) is 10.8 Å². The van der Waals surface area contributed by atoms with Crippen LogP contribution in [0.5, 0.6) is 5.75 Å². The minimum absolute atomic E-state index is 0.0360. The molecule has 24 heavy (non-hydrogen) atoms. The summed E-state index contributed by atoms with van der Waals surface area (Å²) in [7, 11) is 0. The molecular weight excluding hydrogens is 298 g/mol. The number of anilines is 1. The third kappa shape index (κ3) is 3.82. The van der Waals surface area contributed by atoms with Gasteiger partial charge in [0.15, 0.2) is 0 Å². The van der Waals surface area contributed by atoms with Gasteiger partial charge in [0.1, 0.15) is 12.4 Å². The number of amides is 1. The topological polar surface area (TPSA) is 38.3 Å². The molecule has 3 aromatic rings. The quantitative estimate of drug-likeness (QED) is 0.676. The molecule has 0 fully saturated rings. The Morgan fingerprint density at radius 1 is 1.00 bits per heavy atom. The lowest BCUT2D eigenvalue weighted by Gasteiger charge is -2.09. The van der Waals surface area contributed by atoms with Crippen LogP contribution in [0.1, 0.15) is 5.56 Å². The maximum Gasteiger partial charge on any atom is 0.228 e. The van der Waals surface area contributed by atoms with Gasteiger partial charge in [-0.15, -0.1) is 0 Å². The fourth-order valence-corrected chi connectivity index (χ4v) is 2.61. The molecule has 3 aromatic carbocycles. The van der Waals surface area contributed by atoms with Gasteiger partial charge in [-0.25, -0.2) is 0 Å². The van der Waals surface area contributed by atoms with Gasteiger partial charge in [-0.3, -0.25) is 4.79 Å². The van der Waals surface area contributed by atoms with E-state index in [0.717, 1.165) is 27.8 Å². The molecule has 1 N–H and O–H groups in total. The SMILES string of the molecule is C=CCOc1ccc(NC(=O)Cc2cccc3ccccc23)cc1. The van der Waals surface area contributed by atoms with E-state index in [1.807, 2.05) is 54.6 Å². The molecule has 0 aliphatic heterocycles. The van der Waals surface area contributed by atoms with Gasteiger partial charge in [0.05, 0.1) is 6.42 Å². The highest BCUT2D eigenvalue weighted by molar-refractivity contribution is 5.96. The van der Waals surface area contributed by atoms with Crippen molar-refractivity contribution in [2.75, 3.05) is 11.9 Å². The van der Waals surface area contributed by atoms with Crippen LogP contribution in [0, 0.1) is 0 Å². The highest BCUT2D eigenvalue weighted by Crippen LogP contribution is 2.20. The van der Waals surface area contributed by atoms with E-state index in [-0.39, 0.29) is 5.91 Å². The van der Waals surface area contributed by atoms with Crippen LogP contribution in [-0.4, -0.2) is 12.5 Å². The van der Waals surface area contributed by atoms with Crippen LogP contribution in [0.15, 0.2) is 79.4 Å². The second kappa shape index (κ2) is 7.47. The Bertz CT molecular complexity index is 848.